The Morgan fingerprint density at radius 1 is 1.53 bits per heavy atom. The van der Waals surface area contributed by atoms with Gasteiger partial charge in [0.15, 0.2) is 5.58 Å². The van der Waals surface area contributed by atoms with Gasteiger partial charge in [-0.1, -0.05) is 18.7 Å². The number of benzene rings is 1. The van der Waals surface area contributed by atoms with E-state index in [1.165, 1.54) is 4.57 Å². The lowest BCUT2D eigenvalue weighted by molar-refractivity contribution is 0.261. The molecule has 0 spiro atoms. The third-order valence-electron chi connectivity index (χ3n) is 2.55. The molecule has 0 radical (unpaired) electrons. The minimum Gasteiger partial charge on any atom is -0.408 e. The lowest BCUT2D eigenvalue weighted by Crippen LogP contribution is -2.19. The van der Waals surface area contributed by atoms with E-state index >= 15 is 0 Å². The van der Waals surface area contributed by atoms with Crippen LogP contribution in [-0.2, 0) is 13.5 Å². The van der Waals surface area contributed by atoms with Crippen LogP contribution < -0.4 is 11.1 Å². The lowest BCUT2D eigenvalue weighted by atomic mass is 10.1. The predicted molar refractivity (Wildman–Crippen MR) is 67.5 cm³/mol. The number of nitrogens with one attached hydrogen (secondary N) is 1. The van der Waals surface area contributed by atoms with Crippen LogP contribution >= 0.6 is 12.6 Å². The largest absolute Gasteiger partial charge is 0.419 e. The zero-order valence-electron chi connectivity index (χ0n) is 9.27. The van der Waals surface area contributed by atoms with Gasteiger partial charge in [0.1, 0.15) is 0 Å². The normalized spacial score (nSPS) is 10.7. The Hall–Kier alpha value is -1.69. The number of amides is 1. The first-order valence-electron chi connectivity index (χ1n) is 5.13. The smallest absolute Gasteiger partial charge is 0.408 e. The number of thiol groups is 1. The Balaban J connectivity index is 2.22. The van der Waals surface area contributed by atoms with E-state index in [9.17, 15) is 9.59 Å². The van der Waals surface area contributed by atoms with E-state index in [1.807, 2.05) is 12.1 Å². The Bertz CT molecular complexity index is 615. The number of nitrogens with zero attached hydrogens (tertiary/aromatic N) is 1. The molecule has 0 aliphatic carbocycles. The molecule has 1 amide bonds. The maximum absolute atomic E-state index is 11.3. The Labute approximate surface area is 103 Å². The van der Waals surface area contributed by atoms with Gasteiger partial charge in [-0.2, -0.15) is 0 Å². The zero-order valence-corrected chi connectivity index (χ0v) is 10.2. The summed E-state index contributed by atoms with van der Waals surface area (Å²) in [4.78, 5) is 21.9. The van der Waals surface area contributed by atoms with E-state index in [0.717, 1.165) is 11.1 Å². The molecule has 1 aromatic heterocycles. The molecule has 2 rings (SSSR count). The van der Waals surface area contributed by atoms with Crippen molar-refractivity contribution in [1.29, 1.82) is 0 Å². The van der Waals surface area contributed by atoms with E-state index in [2.05, 4.69) is 17.9 Å². The summed E-state index contributed by atoms with van der Waals surface area (Å²) in [5, 5.41) is 2.25. The molecule has 6 heteroatoms. The van der Waals surface area contributed by atoms with Crippen LogP contribution in [0.25, 0.3) is 11.1 Å². The van der Waals surface area contributed by atoms with E-state index in [1.54, 1.807) is 13.1 Å². The van der Waals surface area contributed by atoms with Crippen LogP contribution in [0.3, 0.4) is 0 Å². The van der Waals surface area contributed by atoms with Crippen LogP contribution in [0.5, 0.6) is 0 Å². The highest BCUT2D eigenvalue weighted by Crippen LogP contribution is 2.14. The van der Waals surface area contributed by atoms with Gasteiger partial charge in [0.2, 0.25) is 0 Å². The van der Waals surface area contributed by atoms with Crippen molar-refractivity contribution in [3.05, 3.63) is 34.3 Å². The van der Waals surface area contributed by atoms with Crippen LogP contribution in [0.2, 0.25) is 0 Å². The molecule has 1 N–H and O–H groups in total. The highest BCUT2D eigenvalue weighted by molar-refractivity contribution is 7.96. The number of carbonyl (C=O) groups is 1. The molecule has 0 aliphatic rings. The summed E-state index contributed by atoms with van der Waals surface area (Å²) in [6.07, 6.45) is 0.682. The Morgan fingerprint density at radius 3 is 3.00 bits per heavy atom. The number of oxazole rings is 1. The fourth-order valence-corrected chi connectivity index (χ4v) is 1.75. The number of carbonyl (C=O) groups excluding carboxylic acids is 1. The van der Waals surface area contributed by atoms with E-state index in [-0.39, 0.29) is 11.0 Å². The van der Waals surface area contributed by atoms with Gasteiger partial charge in [-0.25, -0.2) is 4.79 Å². The van der Waals surface area contributed by atoms with Crippen molar-refractivity contribution in [1.82, 2.24) is 9.88 Å². The van der Waals surface area contributed by atoms with E-state index in [0.29, 0.717) is 18.5 Å². The molecule has 0 bridgehead atoms. The molecule has 0 saturated carbocycles. The summed E-state index contributed by atoms with van der Waals surface area (Å²) >= 11 is 3.61. The fourth-order valence-electron chi connectivity index (χ4n) is 1.64. The molecule has 17 heavy (non-hydrogen) atoms. The summed E-state index contributed by atoms with van der Waals surface area (Å²) in [6, 6.07) is 5.51. The number of fused-ring (bicyclic) bond motifs is 1. The zero-order chi connectivity index (χ0) is 12.4. The van der Waals surface area contributed by atoms with Gasteiger partial charge < -0.3 is 9.73 Å². The summed E-state index contributed by atoms with van der Waals surface area (Å²) < 4.78 is 6.48. The SMILES string of the molecule is Cn1c(=O)oc2ccc(CCNC(=O)S)cc21. The molecule has 0 unspecified atom stereocenters. The van der Waals surface area contributed by atoms with Gasteiger partial charge in [0.25, 0.3) is 5.24 Å². The average molecular weight is 252 g/mol. The lowest BCUT2D eigenvalue weighted by Gasteiger charge is -2.02. The third kappa shape index (κ3) is 2.52. The summed E-state index contributed by atoms with van der Waals surface area (Å²) in [6.45, 7) is 0.514. The third-order valence-corrected chi connectivity index (χ3v) is 2.70. The van der Waals surface area contributed by atoms with Gasteiger partial charge in [0.05, 0.1) is 5.52 Å². The molecule has 0 aliphatic heterocycles. The summed E-state index contributed by atoms with van der Waals surface area (Å²) in [5.41, 5.74) is 2.35. The number of aromatic nitrogens is 1. The highest BCUT2D eigenvalue weighted by Gasteiger charge is 2.06. The molecule has 0 atom stereocenters. The highest BCUT2D eigenvalue weighted by atomic mass is 32.1. The molecule has 5 nitrogen and oxygen atoms in total. The molecule has 0 fully saturated rings. The predicted octanol–water partition coefficient (Wildman–Crippen LogP) is 1.31. The maximum Gasteiger partial charge on any atom is 0.419 e. The van der Waals surface area contributed by atoms with Crippen molar-refractivity contribution in [2.45, 2.75) is 6.42 Å². The summed E-state index contributed by atoms with van der Waals surface area (Å²) in [7, 11) is 1.66. The second-order valence-corrected chi connectivity index (χ2v) is 4.12. The van der Waals surface area contributed by atoms with Gasteiger partial charge in [0, 0.05) is 13.6 Å². The second-order valence-electron chi connectivity index (χ2n) is 3.71. The topological polar surface area (TPSA) is 64.2 Å². The molecule has 90 valence electrons. The molecule has 1 aromatic carbocycles. The number of hydrogen-bond acceptors (Lipinski definition) is 3. The molecule has 2 aromatic rings. The molecule has 0 saturated heterocycles. The van der Waals surface area contributed by atoms with Crippen LogP contribution in [0.4, 0.5) is 4.79 Å². The molecule has 1 heterocycles. The van der Waals surface area contributed by atoms with Gasteiger partial charge in [-0.05, 0) is 24.1 Å². The first kappa shape index (κ1) is 11.8. The van der Waals surface area contributed by atoms with Crippen LogP contribution in [-0.4, -0.2) is 16.4 Å². The number of aryl methyl sites for hydroxylation is 1. The minimum atomic E-state index is -0.374. The van der Waals surface area contributed by atoms with Crippen molar-refractivity contribution in [2.24, 2.45) is 7.05 Å². The Kier molecular flexibility index (Phi) is 3.23. The first-order chi connectivity index (χ1) is 8.08. The minimum absolute atomic E-state index is 0.346. The standard InChI is InChI=1S/C11H12N2O3S/c1-13-8-6-7(4-5-12-10(14)17)2-3-9(8)16-11(13)15/h2-3,6H,4-5H2,1H3,(H2,12,14,17). The first-order valence-corrected chi connectivity index (χ1v) is 5.58. The van der Waals surface area contributed by atoms with Crippen molar-refractivity contribution in [2.75, 3.05) is 6.54 Å². The van der Waals surface area contributed by atoms with Crippen molar-refractivity contribution < 1.29 is 9.21 Å². The number of rotatable bonds is 3. The van der Waals surface area contributed by atoms with Crippen LogP contribution in [0, 0.1) is 0 Å². The van der Waals surface area contributed by atoms with Crippen molar-refractivity contribution in [3.8, 4) is 0 Å². The fraction of sp³-hybridized carbons (Fsp3) is 0.273. The van der Waals surface area contributed by atoms with E-state index < -0.39 is 0 Å². The Morgan fingerprint density at radius 2 is 2.29 bits per heavy atom. The summed E-state index contributed by atoms with van der Waals surface area (Å²) in [5.74, 6) is -0.374. The van der Waals surface area contributed by atoms with Crippen molar-refractivity contribution in [3.63, 3.8) is 0 Å². The van der Waals surface area contributed by atoms with Crippen LogP contribution in [0.15, 0.2) is 27.4 Å². The quantitative estimate of drug-likeness (QED) is 0.810. The van der Waals surface area contributed by atoms with E-state index in [4.69, 9.17) is 4.42 Å². The molecular formula is C11H12N2O3S. The van der Waals surface area contributed by atoms with Gasteiger partial charge >= 0.3 is 5.76 Å². The van der Waals surface area contributed by atoms with Gasteiger partial charge in [-0.15, -0.1) is 0 Å². The number of hydrogen-bond donors (Lipinski definition) is 2. The second kappa shape index (κ2) is 4.67. The van der Waals surface area contributed by atoms with Gasteiger partial charge in [-0.3, -0.25) is 9.36 Å². The van der Waals surface area contributed by atoms with Crippen molar-refractivity contribution >= 4 is 29.0 Å². The average Bonchev–Trinajstić information content (AvgIpc) is 2.55. The monoisotopic (exact) mass is 252 g/mol. The maximum atomic E-state index is 11.3. The van der Waals surface area contributed by atoms with Crippen LogP contribution in [0.1, 0.15) is 5.56 Å². The molecular weight excluding hydrogens is 240 g/mol.